The maximum absolute atomic E-state index is 4.58. The average molecular weight is 377 g/mol. The minimum atomic E-state index is 0.571. The molecule has 1 saturated heterocycles. The minimum Gasteiger partial charge on any atom is -0.371 e. The summed E-state index contributed by atoms with van der Waals surface area (Å²) >= 11 is 0. The first-order chi connectivity index (χ1) is 13.7. The van der Waals surface area contributed by atoms with E-state index in [1.807, 2.05) is 12.1 Å². The molecule has 1 fully saturated rings. The second-order valence-electron chi connectivity index (χ2n) is 7.53. The molecule has 2 aromatic heterocycles. The third-order valence-corrected chi connectivity index (χ3v) is 5.66. The molecule has 3 aromatic rings. The number of H-pyrrole nitrogens is 1. The van der Waals surface area contributed by atoms with E-state index < -0.39 is 0 Å². The first-order valence-corrected chi connectivity index (χ1v) is 10.1. The number of piperidine rings is 1. The minimum absolute atomic E-state index is 0.571. The van der Waals surface area contributed by atoms with Crippen LogP contribution in [0.4, 0.5) is 5.69 Å². The van der Waals surface area contributed by atoms with Crippen molar-refractivity contribution in [2.24, 2.45) is 0 Å². The van der Waals surface area contributed by atoms with Crippen molar-refractivity contribution in [2.75, 3.05) is 24.5 Å². The van der Waals surface area contributed by atoms with Crippen molar-refractivity contribution in [2.45, 2.75) is 39.2 Å². The Labute approximate surface area is 166 Å². The van der Waals surface area contributed by atoms with Crippen LogP contribution in [0.15, 0.2) is 42.7 Å². The number of nitrogens with zero attached hydrogens (tertiary/aromatic N) is 4. The van der Waals surface area contributed by atoms with E-state index in [2.05, 4.69) is 62.4 Å². The van der Waals surface area contributed by atoms with Crippen LogP contribution in [-0.4, -0.2) is 45.8 Å². The third-order valence-electron chi connectivity index (χ3n) is 5.66. The Morgan fingerprint density at radius 1 is 1.14 bits per heavy atom. The maximum atomic E-state index is 4.58. The van der Waals surface area contributed by atoms with Gasteiger partial charge in [0.05, 0.1) is 0 Å². The number of pyridine rings is 1. The smallest absolute Gasteiger partial charge is 0.182 e. The predicted octanol–water partition coefficient (Wildman–Crippen LogP) is 3.28. The third kappa shape index (κ3) is 4.22. The van der Waals surface area contributed by atoms with E-state index in [-0.39, 0.29) is 0 Å². The Hall–Kier alpha value is -2.73. The molecule has 0 aliphatic carbocycles. The average Bonchev–Trinajstić information content (AvgIpc) is 3.20. The van der Waals surface area contributed by atoms with Crippen molar-refractivity contribution in [3.8, 4) is 11.4 Å². The standard InChI is InChI=1S/C22H28N6/c1-16-5-3-7-20(17(16)2)28-13-9-19(10-14-28)24-12-8-21-25-22(27-26-21)18-6-4-11-23-15-18/h3-7,11,15,19,24H,8-10,12-14H2,1-2H3,(H,25,26,27). The molecule has 0 bridgehead atoms. The first-order valence-electron chi connectivity index (χ1n) is 10.1. The van der Waals surface area contributed by atoms with E-state index in [1.165, 1.54) is 29.7 Å². The molecule has 0 amide bonds. The van der Waals surface area contributed by atoms with Crippen molar-refractivity contribution < 1.29 is 0 Å². The normalized spacial score (nSPS) is 15.1. The Balaban J connectivity index is 1.24. The largest absolute Gasteiger partial charge is 0.371 e. The number of hydrogen-bond donors (Lipinski definition) is 2. The van der Waals surface area contributed by atoms with Gasteiger partial charge >= 0.3 is 0 Å². The molecule has 1 aliphatic rings. The second kappa shape index (κ2) is 8.52. The number of anilines is 1. The number of rotatable bonds is 6. The number of hydrogen-bond acceptors (Lipinski definition) is 5. The molecule has 1 aromatic carbocycles. The van der Waals surface area contributed by atoms with Crippen LogP contribution in [0, 0.1) is 13.8 Å². The number of aromatic amines is 1. The van der Waals surface area contributed by atoms with Crippen molar-refractivity contribution in [3.05, 3.63) is 59.7 Å². The lowest BCUT2D eigenvalue weighted by Crippen LogP contribution is -2.43. The highest BCUT2D eigenvalue weighted by atomic mass is 15.2. The van der Waals surface area contributed by atoms with Crippen LogP contribution in [0.5, 0.6) is 0 Å². The van der Waals surface area contributed by atoms with E-state index >= 15 is 0 Å². The zero-order valence-electron chi connectivity index (χ0n) is 16.7. The number of nitrogens with one attached hydrogen (secondary N) is 2. The fourth-order valence-corrected chi connectivity index (χ4v) is 3.83. The zero-order valence-corrected chi connectivity index (χ0v) is 16.7. The van der Waals surface area contributed by atoms with Crippen LogP contribution in [0.1, 0.15) is 29.8 Å². The number of benzene rings is 1. The molecule has 146 valence electrons. The Morgan fingerprint density at radius 3 is 2.79 bits per heavy atom. The topological polar surface area (TPSA) is 69.7 Å². The summed E-state index contributed by atoms with van der Waals surface area (Å²) in [6, 6.07) is 11.1. The van der Waals surface area contributed by atoms with Crippen molar-refractivity contribution >= 4 is 5.69 Å². The highest BCUT2D eigenvalue weighted by Crippen LogP contribution is 2.25. The van der Waals surface area contributed by atoms with Crippen LogP contribution in [0.25, 0.3) is 11.4 Å². The zero-order chi connectivity index (χ0) is 19.3. The molecule has 0 saturated carbocycles. The summed E-state index contributed by atoms with van der Waals surface area (Å²) in [7, 11) is 0. The first kappa shape index (κ1) is 18.6. The Kier molecular flexibility index (Phi) is 5.67. The van der Waals surface area contributed by atoms with Gasteiger partial charge in [-0.25, -0.2) is 4.98 Å². The molecule has 0 atom stereocenters. The molecule has 3 heterocycles. The molecule has 2 N–H and O–H groups in total. The monoisotopic (exact) mass is 376 g/mol. The predicted molar refractivity (Wildman–Crippen MR) is 112 cm³/mol. The number of aryl methyl sites for hydroxylation is 1. The van der Waals surface area contributed by atoms with Crippen molar-refractivity contribution in [3.63, 3.8) is 0 Å². The fraction of sp³-hybridized carbons (Fsp3) is 0.409. The summed E-state index contributed by atoms with van der Waals surface area (Å²) in [5.74, 6) is 1.63. The van der Waals surface area contributed by atoms with Gasteiger partial charge in [-0.1, -0.05) is 12.1 Å². The summed E-state index contributed by atoms with van der Waals surface area (Å²) < 4.78 is 0. The van der Waals surface area contributed by atoms with Gasteiger partial charge in [0.15, 0.2) is 5.82 Å². The summed E-state index contributed by atoms with van der Waals surface area (Å²) in [6.07, 6.45) is 6.74. The molecule has 28 heavy (non-hydrogen) atoms. The Morgan fingerprint density at radius 2 is 2.00 bits per heavy atom. The van der Waals surface area contributed by atoms with E-state index in [4.69, 9.17) is 0 Å². The Bertz CT molecular complexity index is 896. The molecule has 1 aliphatic heterocycles. The molecular formula is C22H28N6. The lowest BCUT2D eigenvalue weighted by molar-refractivity contribution is 0.416. The highest BCUT2D eigenvalue weighted by molar-refractivity contribution is 5.56. The van der Waals surface area contributed by atoms with Gasteiger partial charge in [0.2, 0.25) is 0 Å². The summed E-state index contributed by atoms with van der Waals surface area (Å²) in [6.45, 7) is 7.54. The van der Waals surface area contributed by atoms with Crippen molar-refractivity contribution in [1.82, 2.24) is 25.5 Å². The van der Waals surface area contributed by atoms with Crippen LogP contribution in [0.2, 0.25) is 0 Å². The lowest BCUT2D eigenvalue weighted by Gasteiger charge is -2.35. The van der Waals surface area contributed by atoms with Gasteiger partial charge < -0.3 is 10.2 Å². The highest BCUT2D eigenvalue weighted by Gasteiger charge is 2.20. The summed E-state index contributed by atoms with van der Waals surface area (Å²) in [5, 5.41) is 11.0. The van der Waals surface area contributed by atoms with Crippen LogP contribution < -0.4 is 10.2 Å². The molecule has 0 radical (unpaired) electrons. The maximum Gasteiger partial charge on any atom is 0.182 e. The van der Waals surface area contributed by atoms with Gasteiger partial charge in [-0.2, -0.15) is 5.10 Å². The SMILES string of the molecule is Cc1cccc(N2CCC(NCCc3nc(-c4cccnc4)n[nH]3)CC2)c1C. The number of aromatic nitrogens is 4. The van der Waals surface area contributed by atoms with E-state index in [0.717, 1.165) is 37.4 Å². The van der Waals surface area contributed by atoms with Gasteiger partial charge in [0.25, 0.3) is 0 Å². The molecule has 0 spiro atoms. The van der Waals surface area contributed by atoms with Gasteiger partial charge in [-0.15, -0.1) is 0 Å². The van der Waals surface area contributed by atoms with Gasteiger partial charge in [-0.05, 0) is 56.0 Å². The van der Waals surface area contributed by atoms with E-state index in [9.17, 15) is 0 Å². The fourth-order valence-electron chi connectivity index (χ4n) is 3.83. The van der Waals surface area contributed by atoms with Gasteiger partial charge in [0, 0.05) is 55.7 Å². The van der Waals surface area contributed by atoms with E-state index in [0.29, 0.717) is 11.9 Å². The van der Waals surface area contributed by atoms with Crippen LogP contribution in [-0.2, 0) is 6.42 Å². The lowest BCUT2D eigenvalue weighted by atomic mass is 10.0. The molecule has 4 rings (SSSR count). The molecule has 0 unspecified atom stereocenters. The molecular weight excluding hydrogens is 348 g/mol. The van der Waals surface area contributed by atoms with Crippen LogP contribution in [0.3, 0.4) is 0 Å². The summed E-state index contributed by atoms with van der Waals surface area (Å²) in [5.41, 5.74) is 5.11. The van der Waals surface area contributed by atoms with Crippen LogP contribution >= 0.6 is 0 Å². The summed E-state index contributed by atoms with van der Waals surface area (Å²) in [4.78, 5) is 11.2. The quantitative estimate of drug-likeness (QED) is 0.691. The van der Waals surface area contributed by atoms with Gasteiger partial charge in [-0.3, -0.25) is 10.1 Å². The van der Waals surface area contributed by atoms with Crippen molar-refractivity contribution in [1.29, 1.82) is 0 Å². The molecule has 6 heteroatoms. The van der Waals surface area contributed by atoms with E-state index in [1.54, 1.807) is 12.4 Å². The molecule has 6 nitrogen and oxygen atoms in total. The van der Waals surface area contributed by atoms with Gasteiger partial charge in [0.1, 0.15) is 5.82 Å². The second-order valence-corrected chi connectivity index (χ2v) is 7.53.